The Morgan fingerprint density at radius 1 is 1.00 bits per heavy atom. The Labute approximate surface area is 172 Å². The molecule has 0 radical (unpaired) electrons. The van der Waals surface area contributed by atoms with Gasteiger partial charge in [-0.25, -0.2) is 8.42 Å². The van der Waals surface area contributed by atoms with Crippen LogP contribution in [0, 0.1) is 0 Å². The van der Waals surface area contributed by atoms with Crippen molar-refractivity contribution in [1.29, 1.82) is 0 Å². The van der Waals surface area contributed by atoms with Crippen molar-refractivity contribution in [2.45, 2.75) is 17.6 Å². The number of rotatable bonds is 6. The molecule has 0 saturated carbocycles. The highest BCUT2D eigenvalue weighted by Gasteiger charge is 2.40. The van der Waals surface area contributed by atoms with E-state index in [0.29, 0.717) is 12.1 Å². The van der Waals surface area contributed by atoms with Gasteiger partial charge >= 0.3 is 6.18 Å². The molecular weight excluding hydrogens is 417 g/mol. The molecule has 0 spiro atoms. The molecule has 2 heterocycles. The summed E-state index contributed by atoms with van der Waals surface area (Å²) in [5.41, 5.74) is -0.0784. The van der Waals surface area contributed by atoms with E-state index >= 15 is 0 Å². The summed E-state index contributed by atoms with van der Waals surface area (Å²) in [5.74, 6) is 0. The average molecular weight is 438 g/mol. The van der Waals surface area contributed by atoms with Gasteiger partial charge in [0.15, 0.2) is 15.5 Å². The molecule has 10 heteroatoms. The molecule has 0 N–H and O–H groups in total. The molecule has 6 nitrogen and oxygen atoms in total. The number of hydrogen-bond acceptors (Lipinski definition) is 5. The largest absolute Gasteiger partial charge is 0.433 e. The number of benzene rings is 1. The van der Waals surface area contributed by atoms with Crippen LogP contribution in [-0.2, 0) is 22.6 Å². The lowest BCUT2D eigenvalue weighted by Crippen LogP contribution is -2.23. The quantitative estimate of drug-likeness (QED) is 0.588. The summed E-state index contributed by atoms with van der Waals surface area (Å²) in [6.07, 6.45) is -0.643. The van der Waals surface area contributed by atoms with Crippen LogP contribution in [0.3, 0.4) is 0 Å². The molecule has 0 fully saturated rings. The molecule has 1 aromatic carbocycles. The van der Waals surface area contributed by atoms with Crippen LogP contribution in [-0.4, -0.2) is 55.0 Å². The van der Waals surface area contributed by atoms with Crippen LogP contribution < -0.4 is 0 Å². The van der Waals surface area contributed by atoms with Crippen LogP contribution in [0.4, 0.5) is 13.2 Å². The van der Waals surface area contributed by atoms with Crippen molar-refractivity contribution in [3.8, 4) is 22.4 Å². The summed E-state index contributed by atoms with van der Waals surface area (Å²) in [5, 5.41) is 4.29. The zero-order valence-corrected chi connectivity index (χ0v) is 17.5. The van der Waals surface area contributed by atoms with E-state index < -0.39 is 21.7 Å². The molecule has 0 aliphatic heterocycles. The molecular formula is C20H21F3N4O2S. The van der Waals surface area contributed by atoms with E-state index in [1.807, 2.05) is 0 Å². The van der Waals surface area contributed by atoms with Gasteiger partial charge in [0, 0.05) is 36.3 Å². The fourth-order valence-electron chi connectivity index (χ4n) is 3.06. The normalized spacial score (nSPS) is 12.5. The number of nitrogens with zero attached hydrogens (tertiary/aromatic N) is 4. The third-order valence-corrected chi connectivity index (χ3v) is 5.63. The predicted molar refractivity (Wildman–Crippen MR) is 108 cm³/mol. The van der Waals surface area contributed by atoms with E-state index in [2.05, 4.69) is 10.1 Å². The summed E-state index contributed by atoms with van der Waals surface area (Å²) in [6.45, 7) is 0.411. The summed E-state index contributed by atoms with van der Waals surface area (Å²) < 4.78 is 66.9. The summed E-state index contributed by atoms with van der Waals surface area (Å²) in [4.78, 5) is 5.72. The van der Waals surface area contributed by atoms with Gasteiger partial charge in [-0.15, -0.1) is 0 Å². The van der Waals surface area contributed by atoms with Gasteiger partial charge in [-0.05, 0) is 43.9 Å². The molecule has 0 aliphatic rings. The number of pyridine rings is 1. The number of aromatic nitrogens is 3. The maximum atomic E-state index is 14.1. The van der Waals surface area contributed by atoms with Crippen molar-refractivity contribution in [2.24, 2.45) is 0 Å². The Kier molecular flexibility index (Phi) is 6.00. The Balaban J connectivity index is 2.27. The van der Waals surface area contributed by atoms with Gasteiger partial charge in [-0.2, -0.15) is 18.3 Å². The first kappa shape index (κ1) is 22.0. The molecule has 2 aromatic heterocycles. The van der Waals surface area contributed by atoms with Gasteiger partial charge in [-0.3, -0.25) is 9.67 Å². The number of likely N-dealkylation sites (N-methyl/N-ethyl adjacent to an activating group) is 1. The molecule has 30 heavy (non-hydrogen) atoms. The van der Waals surface area contributed by atoms with Gasteiger partial charge in [0.25, 0.3) is 0 Å². The van der Waals surface area contributed by atoms with Gasteiger partial charge < -0.3 is 4.90 Å². The predicted octanol–water partition coefficient (Wildman–Crippen LogP) is 3.60. The average Bonchev–Trinajstić information content (AvgIpc) is 3.06. The lowest BCUT2D eigenvalue weighted by atomic mass is 9.99. The number of alkyl halides is 3. The smallest absolute Gasteiger partial charge is 0.308 e. The Morgan fingerprint density at radius 2 is 1.60 bits per heavy atom. The molecule has 0 atom stereocenters. The van der Waals surface area contributed by atoms with E-state index in [4.69, 9.17) is 0 Å². The van der Waals surface area contributed by atoms with Crippen LogP contribution in [0.1, 0.15) is 5.69 Å². The van der Waals surface area contributed by atoms with Gasteiger partial charge in [-0.1, -0.05) is 12.1 Å². The number of sulfone groups is 1. The fourth-order valence-corrected chi connectivity index (χ4v) is 3.69. The highest BCUT2D eigenvalue weighted by Crippen LogP contribution is 2.42. The minimum Gasteiger partial charge on any atom is -0.308 e. The topological polar surface area (TPSA) is 68.1 Å². The zero-order valence-electron chi connectivity index (χ0n) is 16.7. The van der Waals surface area contributed by atoms with E-state index in [0.717, 1.165) is 10.9 Å². The maximum absolute atomic E-state index is 14.1. The monoisotopic (exact) mass is 438 g/mol. The van der Waals surface area contributed by atoms with Crippen LogP contribution >= 0.6 is 0 Å². The van der Waals surface area contributed by atoms with Crippen LogP contribution in [0.15, 0.2) is 53.7 Å². The molecule has 160 valence electrons. The lowest BCUT2D eigenvalue weighted by molar-refractivity contribution is -0.143. The SMILES string of the molecule is CN(C)CCn1nc(-c2ccncc2)c(-c2ccc(S(C)(=O)=O)cc2)c1C(F)(F)F. The van der Waals surface area contributed by atoms with E-state index in [9.17, 15) is 21.6 Å². The van der Waals surface area contributed by atoms with Crippen molar-refractivity contribution in [2.75, 3.05) is 26.9 Å². The first-order valence-electron chi connectivity index (χ1n) is 9.02. The fraction of sp³-hybridized carbons (Fsp3) is 0.300. The van der Waals surface area contributed by atoms with Crippen LogP contribution in [0.25, 0.3) is 22.4 Å². The molecule has 0 saturated heterocycles. The maximum Gasteiger partial charge on any atom is 0.433 e. The second-order valence-corrected chi connectivity index (χ2v) is 9.14. The van der Waals surface area contributed by atoms with Crippen LogP contribution in [0.2, 0.25) is 0 Å². The highest BCUT2D eigenvalue weighted by atomic mass is 32.2. The second-order valence-electron chi connectivity index (χ2n) is 7.13. The van der Waals surface area contributed by atoms with Crippen molar-refractivity contribution in [3.05, 3.63) is 54.5 Å². The van der Waals surface area contributed by atoms with Crippen molar-refractivity contribution in [3.63, 3.8) is 0 Å². The summed E-state index contributed by atoms with van der Waals surface area (Å²) in [7, 11) is 0.0661. The standard InChI is InChI=1S/C20H21F3N4O2S/c1-26(2)12-13-27-19(20(21,22)23)17(18(25-27)15-8-10-24-11-9-15)14-4-6-16(7-5-14)30(3,28)29/h4-11H,12-13H2,1-3H3. The van der Waals surface area contributed by atoms with Gasteiger partial charge in [0.2, 0.25) is 0 Å². The molecule has 0 amide bonds. The van der Waals surface area contributed by atoms with Crippen molar-refractivity contribution >= 4 is 9.84 Å². The third kappa shape index (κ3) is 4.71. The van der Waals surface area contributed by atoms with Crippen LogP contribution in [0.5, 0.6) is 0 Å². The lowest BCUT2D eigenvalue weighted by Gasteiger charge is -2.15. The van der Waals surface area contributed by atoms with Crippen molar-refractivity contribution < 1.29 is 21.6 Å². The third-order valence-electron chi connectivity index (χ3n) is 4.50. The van der Waals surface area contributed by atoms with Gasteiger partial charge in [0.1, 0.15) is 5.69 Å². The van der Waals surface area contributed by atoms with Crippen molar-refractivity contribution in [1.82, 2.24) is 19.7 Å². The van der Waals surface area contributed by atoms with E-state index in [1.54, 1.807) is 31.1 Å². The Morgan fingerprint density at radius 3 is 2.10 bits per heavy atom. The zero-order chi connectivity index (χ0) is 22.1. The molecule has 3 rings (SSSR count). The molecule has 0 unspecified atom stereocenters. The number of hydrogen-bond donors (Lipinski definition) is 0. The minimum atomic E-state index is -4.66. The highest BCUT2D eigenvalue weighted by molar-refractivity contribution is 7.90. The number of halogens is 3. The first-order chi connectivity index (χ1) is 14.0. The van der Waals surface area contributed by atoms with E-state index in [1.165, 1.54) is 36.7 Å². The summed E-state index contributed by atoms with van der Waals surface area (Å²) >= 11 is 0. The molecule has 0 bridgehead atoms. The molecule has 3 aromatic rings. The Bertz CT molecular complexity index is 1120. The summed E-state index contributed by atoms with van der Waals surface area (Å²) in [6, 6.07) is 8.55. The molecule has 0 aliphatic carbocycles. The van der Waals surface area contributed by atoms with E-state index in [-0.39, 0.29) is 28.3 Å². The Hall–Kier alpha value is -2.72. The van der Waals surface area contributed by atoms with Gasteiger partial charge in [0.05, 0.1) is 11.4 Å². The second kappa shape index (κ2) is 8.19. The minimum absolute atomic E-state index is 0.0327. The first-order valence-corrected chi connectivity index (χ1v) is 10.9.